The molecule has 0 heterocycles. The van der Waals surface area contributed by atoms with Crippen molar-refractivity contribution < 1.29 is 14.3 Å². The predicted molar refractivity (Wildman–Crippen MR) is 103 cm³/mol. The molecule has 0 aromatic heterocycles. The molecule has 2 rings (SSSR count). The molecule has 26 heavy (non-hydrogen) atoms. The minimum Gasteiger partial charge on any atom is -0.457 e. The summed E-state index contributed by atoms with van der Waals surface area (Å²) < 4.78 is 5.76. The van der Waals surface area contributed by atoms with Crippen LogP contribution in [0.1, 0.15) is 26.3 Å². The number of carbonyl (C=O) groups is 2. The fourth-order valence-electron chi connectivity index (χ4n) is 2.17. The molecule has 0 aliphatic carbocycles. The number of benzene rings is 2. The Morgan fingerprint density at radius 2 is 1.69 bits per heavy atom. The van der Waals surface area contributed by atoms with Gasteiger partial charge in [0, 0.05) is 11.6 Å². The summed E-state index contributed by atoms with van der Waals surface area (Å²) >= 11 is 0. The van der Waals surface area contributed by atoms with Crippen molar-refractivity contribution in [1.82, 2.24) is 10.6 Å². The highest BCUT2D eigenvalue weighted by atomic mass is 16.5. The Kier molecular flexibility index (Phi) is 6.55. The molecule has 2 N–H and O–H groups in total. The van der Waals surface area contributed by atoms with E-state index in [2.05, 4.69) is 10.6 Å². The molecule has 0 aliphatic rings. The quantitative estimate of drug-likeness (QED) is 0.782. The Morgan fingerprint density at radius 3 is 2.38 bits per heavy atom. The highest BCUT2D eigenvalue weighted by molar-refractivity contribution is 5.94. The SMILES string of the molecule is CC(C)(C)NC(=O)CNC(=O)/C=C/c1cccc(Oc2ccccc2)c1. The van der Waals surface area contributed by atoms with Crippen molar-refractivity contribution in [2.24, 2.45) is 0 Å². The number of para-hydroxylation sites is 1. The second-order valence-electron chi connectivity index (χ2n) is 6.84. The molecule has 0 saturated heterocycles. The van der Waals surface area contributed by atoms with Crippen molar-refractivity contribution >= 4 is 17.9 Å². The average Bonchev–Trinajstić information content (AvgIpc) is 2.58. The van der Waals surface area contributed by atoms with Gasteiger partial charge in [-0.05, 0) is 56.7 Å². The summed E-state index contributed by atoms with van der Waals surface area (Å²) in [6, 6.07) is 16.9. The Balaban J connectivity index is 1.88. The lowest BCUT2D eigenvalue weighted by atomic mass is 10.1. The number of hydrogen-bond donors (Lipinski definition) is 2. The molecule has 0 aliphatic heterocycles. The third-order valence-electron chi connectivity index (χ3n) is 3.20. The summed E-state index contributed by atoms with van der Waals surface area (Å²) in [5, 5.41) is 5.35. The molecule has 2 aromatic carbocycles. The van der Waals surface area contributed by atoms with Gasteiger partial charge in [0.05, 0.1) is 6.54 Å². The van der Waals surface area contributed by atoms with Crippen molar-refractivity contribution in [2.45, 2.75) is 26.3 Å². The zero-order valence-corrected chi connectivity index (χ0v) is 15.3. The van der Waals surface area contributed by atoms with Gasteiger partial charge in [-0.15, -0.1) is 0 Å². The molecular formula is C21H24N2O3. The lowest BCUT2D eigenvalue weighted by Gasteiger charge is -2.20. The van der Waals surface area contributed by atoms with Gasteiger partial charge in [0.25, 0.3) is 0 Å². The lowest BCUT2D eigenvalue weighted by molar-refractivity contribution is -0.124. The van der Waals surface area contributed by atoms with E-state index in [4.69, 9.17) is 4.74 Å². The van der Waals surface area contributed by atoms with E-state index in [9.17, 15) is 9.59 Å². The summed E-state index contributed by atoms with van der Waals surface area (Å²) in [6.07, 6.45) is 3.07. The fourth-order valence-corrected chi connectivity index (χ4v) is 2.17. The topological polar surface area (TPSA) is 67.4 Å². The van der Waals surface area contributed by atoms with E-state index in [0.717, 1.165) is 11.3 Å². The van der Waals surface area contributed by atoms with Crippen LogP contribution in [0.15, 0.2) is 60.7 Å². The van der Waals surface area contributed by atoms with Gasteiger partial charge in [0.1, 0.15) is 11.5 Å². The Hall–Kier alpha value is -3.08. The molecule has 0 fully saturated rings. The smallest absolute Gasteiger partial charge is 0.244 e. The standard InChI is InChI=1S/C21H24N2O3/c1-21(2,3)23-20(25)15-22-19(24)13-12-16-8-7-11-18(14-16)26-17-9-5-4-6-10-17/h4-14H,15H2,1-3H3,(H,22,24)(H,23,25)/b13-12+. The first-order valence-electron chi connectivity index (χ1n) is 8.42. The number of amides is 2. The van der Waals surface area contributed by atoms with Crippen LogP contribution in [0.5, 0.6) is 11.5 Å². The van der Waals surface area contributed by atoms with Crippen LogP contribution in [0.4, 0.5) is 0 Å². The normalized spacial score (nSPS) is 11.2. The van der Waals surface area contributed by atoms with Crippen molar-refractivity contribution in [3.63, 3.8) is 0 Å². The van der Waals surface area contributed by atoms with Gasteiger partial charge in [0.2, 0.25) is 11.8 Å². The van der Waals surface area contributed by atoms with E-state index in [1.54, 1.807) is 6.08 Å². The number of hydrogen-bond acceptors (Lipinski definition) is 3. The van der Waals surface area contributed by atoms with Crippen molar-refractivity contribution in [1.29, 1.82) is 0 Å². The van der Waals surface area contributed by atoms with E-state index in [0.29, 0.717) is 5.75 Å². The van der Waals surface area contributed by atoms with Gasteiger partial charge in [0.15, 0.2) is 0 Å². The number of rotatable bonds is 6. The summed E-state index contributed by atoms with van der Waals surface area (Å²) in [5.41, 5.74) is 0.504. The van der Waals surface area contributed by atoms with E-state index in [1.165, 1.54) is 6.08 Å². The van der Waals surface area contributed by atoms with Crippen LogP contribution >= 0.6 is 0 Å². The van der Waals surface area contributed by atoms with E-state index in [-0.39, 0.29) is 23.9 Å². The largest absolute Gasteiger partial charge is 0.457 e. The van der Waals surface area contributed by atoms with Crippen LogP contribution in [-0.2, 0) is 9.59 Å². The number of carbonyl (C=O) groups excluding carboxylic acids is 2. The van der Waals surface area contributed by atoms with Crippen molar-refractivity contribution in [3.05, 3.63) is 66.2 Å². The predicted octanol–water partition coefficient (Wildman–Crippen LogP) is 3.52. The van der Waals surface area contributed by atoms with E-state index in [1.807, 2.05) is 75.4 Å². The monoisotopic (exact) mass is 352 g/mol. The highest BCUT2D eigenvalue weighted by Crippen LogP contribution is 2.22. The van der Waals surface area contributed by atoms with Gasteiger partial charge in [-0.25, -0.2) is 0 Å². The molecule has 0 radical (unpaired) electrons. The molecule has 0 spiro atoms. The van der Waals surface area contributed by atoms with Crippen LogP contribution < -0.4 is 15.4 Å². The molecule has 0 unspecified atom stereocenters. The Bertz CT molecular complexity index is 777. The molecule has 136 valence electrons. The maximum absolute atomic E-state index is 11.9. The summed E-state index contributed by atoms with van der Waals surface area (Å²) in [7, 11) is 0. The van der Waals surface area contributed by atoms with Gasteiger partial charge < -0.3 is 15.4 Å². The molecule has 0 atom stereocenters. The Morgan fingerprint density at radius 1 is 1.00 bits per heavy atom. The Labute approximate surface area is 154 Å². The lowest BCUT2D eigenvalue weighted by Crippen LogP contribution is -2.45. The van der Waals surface area contributed by atoms with Gasteiger partial charge >= 0.3 is 0 Å². The summed E-state index contributed by atoms with van der Waals surface area (Å²) in [5.74, 6) is 0.875. The van der Waals surface area contributed by atoms with Crippen molar-refractivity contribution in [2.75, 3.05) is 6.54 Å². The zero-order valence-electron chi connectivity index (χ0n) is 15.3. The first-order chi connectivity index (χ1) is 12.3. The maximum atomic E-state index is 11.9. The average molecular weight is 352 g/mol. The molecule has 2 aromatic rings. The molecule has 5 heteroatoms. The van der Waals surface area contributed by atoms with Crippen LogP contribution in [0.25, 0.3) is 6.08 Å². The summed E-state index contributed by atoms with van der Waals surface area (Å²) in [4.78, 5) is 23.5. The van der Waals surface area contributed by atoms with E-state index >= 15 is 0 Å². The molecular weight excluding hydrogens is 328 g/mol. The first-order valence-corrected chi connectivity index (χ1v) is 8.42. The first kappa shape index (κ1) is 19.2. The molecule has 5 nitrogen and oxygen atoms in total. The van der Waals surface area contributed by atoms with Gasteiger partial charge in [-0.3, -0.25) is 9.59 Å². The van der Waals surface area contributed by atoms with Crippen LogP contribution in [0.2, 0.25) is 0 Å². The zero-order chi connectivity index (χ0) is 19.0. The second kappa shape index (κ2) is 8.85. The van der Waals surface area contributed by atoms with Gasteiger partial charge in [-0.1, -0.05) is 30.3 Å². The van der Waals surface area contributed by atoms with E-state index < -0.39 is 0 Å². The minimum atomic E-state index is -0.330. The number of ether oxygens (including phenoxy) is 1. The third-order valence-corrected chi connectivity index (χ3v) is 3.20. The minimum absolute atomic E-state index is 0.0579. The fraction of sp³-hybridized carbons (Fsp3) is 0.238. The van der Waals surface area contributed by atoms with Crippen LogP contribution in [0, 0.1) is 0 Å². The van der Waals surface area contributed by atoms with Crippen LogP contribution in [0.3, 0.4) is 0 Å². The highest BCUT2D eigenvalue weighted by Gasteiger charge is 2.13. The molecule has 2 amide bonds. The summed E-state index contributed by atoms with van der Waals surface area (Å²) in [6.45, 7) is 5.60. The molecule has 0 saturated carbocycles. The van der Waals surface area contributed by atoms with Crippen molar-refractivity contribution in [3.8, 4) is 11.5 Å². The van der Waals surface area contributed by atoms with Gasteiger partial charge in [-0.2, -0.15) is 0 Å². The second-order valence-corrected chi connectivity index (χ2v) is 6.84. The van der Waals surface area contributed by atoms with Crippen LogP contribution in [-0.4, -0.2) is 23.9 Å². The third kappa shape index (κ3) is 7.21. The number of nitrogens with one attached hydrogen (secondary N) is 2. The maximum Gasteiger partial charge on any atom is 0.244 e. The molecule has 0 bridgehead atoms.